The number of anilines is 1. The quantitative estimate of drug-likeness (QED) is 0.520. The minimum Gasteiger partial charge on any atom is -0.496 e. The van der Waals surface area contributed by atoms with E-state index in [0.29, 0.717) is 16.4 Å². The molecule has 0 unspecified atom stereocenters. The molecule has 3 aromatic rings. The molecule has 0 radical (unpaired) electrons. The number of methoxy groups -OCH3 is 1. The highest BCUT2D eigenvalue weighted by Crippen LogP contribution is 2.29. The van der Waals surface area contributed by atoms with Gasteiger partial charge in [0, 0.05) is 5.75 Å². The van der Waals surface area contributed by atoms with Gasteiger partial charge >= 0.3 is 0 Å². The van der Waals surface area contributed by atoms with Crippen LogP contribution >= 0.6 is 23.1 Å². The van der Waals surface area contributed by atoms with Gasteiger partial charge in [-0.1, -0.05) is 54.3 Å². The van der Waals surface area contributed by atoms with Crippen molar-refractivity contribution in [2.45, 2.75) is 17.7 Å². The van der Waals surface area contributed by atoms with Gasteiger partial charge < -0.3 is 4.74 Å². The lowest BCUT2D eigenvalue weighted by Crippen LogP contribution is -2.13. The fourth-order valence-corrected chi connectivity index (χ4v) is 3.91. The van der Waals surface area contributed by atoms with Gasteiger partial charge in [-0.25, -0.2) is 0 Å². The van der Waals surface area contributed by atoms with Gasteiger partial charge in [0.25, 0.3) is 5.91 Å². The second-order valence-corrected chi connectivity index (χ2v) is 7.39. The van der Waals surface area contributed by atoms with Crippen LogP contribution in [-0.2, 0) is 0 Å². The maximum absolute atomic E-state index is 12.6. The van der Waals surface area contributed by atoms with Crippen LogP contribution in [0.4, 0.5) is 5.13 Å². The molecule has 1 aromatic heterocycles. The van der Waals surface area contributed by atoms with E-state index in [9.17, 15) is 4.79 Å². The predicted molar refractivity (Wildman–Crippen MR) is 99.4 cm³/mol. The van der Waals surface area contributed by atoms with E-state index >= 15 is 0 Å². The van der Waals surface area contributed by atoms with Gasteiger partial charge in [-0.15, -0.1) is 10.2 Å². The zero-order valence-corrected chi connectivity index (χ0v) is 15.0. The number of thioether (sulfide) groups is 1. The predicted octanol–water partition coefficient (Wildman–Crippen LogP) is 4.45. The summed E-state index contributed by atoms with van der Waals surface area (Å²) < 4.78 is 6.23. The summed E-state index contributed by atoms with van der Waals surface area (Å²) in [6.45, 7) is 2.11. The third-order valence-electron chi connectivity index (χ3n) is 3.37. The molecule has 5 nitrogen and oxygen atoms in total. The lowest BCUT2D eigenvalue weighted by atomic mass is 10.1. The average molecular weight is 359 g/mol. The van der Waals surface area contributed by atoms with Crippen LogP contribution in [0, 0.1) is 0 Å². The van der Waals surface area contributed by atoms with E-state index in [1.165, 1.54) is 11.3 Å². The Morgan fingerprint density at radius 2 is 2.00 bits per heavy atom. The summed E-state index contributed by atoms with van der Waals surface area (Å²) in [7, 11) is 1.56. The summed E-state index contributed by atoms with van der Waals surface area (Å²) in [5.74, 6) is 1.28. The standard InChI is InChI=1S/C17H17N3O2S2/c1-3-8-23-17-20-19-16(24-17)18-15(21)13-9-11-6-4-5-7-12(11)10-14(13)22-2/h4-7,9-10H,3,8H2,1-2H3,(H,18,19,21). The van der Waals surface area contributed by atoms with E-state index in [1.54, 1.807) is 18.9 Å². The molecule has 124 valence electrons. The first-order valence-corrected chi connectivity index (χ1v) is 9.36. The number of amides is 1. The molecule has 1 N–H and O–H groups in total. The SMILES string of the molecule is CCCSc1nnc(NC(=O)c2cc3ccccc3cc2OC)s1. The molecule has 7 heteroatoms. The molecule has 0 saturated heterocycles. The van der Waals surface area contributed by atoms with E-state index in [0.717, 1.165) is 27.3 Å². The van der Waals surface area contributed by atoms with Gasteiger partial charge in [-0.3, -0.25) is 10.1 Å². The van der Waals surface area contributed by atoms with Gasteiger partial charge in [0.05, 0.1) is 12.7 Å². The molecule has 0 atom stereocenters. The summed E-state index contributed by atoms with van der Waals surface area (Å²) >= 11 is 3.02. The number of benzene rings is 2. The Morgan fingerprint density at radius 3 is 2.71 bits per heavy atom. The topological polar surface area (TPSA) is 64.1 Å². The Kier molecular flexibility index (Phi) is 5.32. The molecular weight excluding hydrogens is 342 g/mol. The second-order valence-electron chi connectivity index (χ2n) is 5.08. The maximum Gasteiger partial charge on any atom is 0.261 e. The van der Waals surface area contributed by atoms with E-state index < -0.39 is 0 Å². The largest absolute Gasteiger partial charge is 0.496 e. The first-order chi connectivity index (χ1) is 11.7. The van der Waals surface area contributed by atoms with Crippen molar-refractivity contribution in [3.05, 3.63) is 42.0 Å². The Bertz CT molecular complexity index is 864. The van der Waals surface area contributed by atoms with Crippen molar-refractivity contribution in [1.29, 1.82) is 0 Å². The van der Waals surface area contributed by atoms with E-state index in [4.69, 9.17) is 4.74 Å². The second kappa shape index (κ2) is 7.63. The molecular formula is C17H17N3O2S2. The molecule has 0 bridgehead atoms. The summed E-state index contributed by atoms with van der Waals surface area (Å²) in [5.41, 5.74) is 0.481. The number of hydrogen-bond acceptors (Lipinski definition) is 6. The fourth-order valence-electron chi connectivity index (χ4n) is 2.24. The van der Waals surface area contributed by atoms with Crippen LogP contribution in [0.2, 0.25) is 0 Å². The zero-order chi connectivity index (χ0) is 16.9. The number of nitrogens with zero attached hydrogens (tertiary/aromatic N) is 2. The number of ether oxygens (including phenoxy) is 1. The number of aromatic nitrogens is 2. The van der Waals surface area contributed by atoms with Gasteiger partial charge in [0.2, 0.25) is 5.13 Å². The van der Waals surface area contributed by atoms with Crippen molar-refractivity contribution in [3.63, 3.8) is 0 Å². The van der Waals surface area contributed by atoms with Crippen molar-refractivity contribution < 1.29 is 9.53 Å². The van der Waals surface area contributed by atoms with Gasteiger partial charge in [0.1, 0.15) is 5.75 Å². The van der Waals surface area contributed by atoms with E-state index in [2.05, 4.69) is 22.4 Å². The van der Waals surface area contributed by atoms with Crippen LogP contribution in [0.25, 0.3) is 10.8 Å². The van der Waals surface area contributed by atoms with Crippen LogP contribution in [0.5, 0.6) is 5.75 Å². The number of nitrogens with one attached hydrogen (secondary N) is 1. The van der Waals surface area contributed by atoms with Crippen molar-refractivity contribution in [1.82, 2.24) is 10.2 Å². The Balaban J connectivity index is 1.83. The van der Waals surface area contributed by atoms with Crippen molar-refractivity contribution in [2.75, 3.05) is 18.2 Å². The lowest BCUT2D eigenvalue weighted by Gasteiger charge is -2.09. The van der Waals surface area contributed by atoms with Gasteiger partial charge in [-0.05, 0) is 29.3 Å². The lowest BCUT2D eigenvalue weighted by molar-refractivity contribution is 0.102. The summed E-state index contributed by atoms with van der Waals surface area (Å²) in [6.07, 6.45) is 1.07. The normalized spacial score (nSPS) is 10.8. The van der Waals surface area contributed by atoms with E-state index in [-0.39, 0.29) is 5.91 Å². The molecule has 0 saturated carbocycles. The number of carbonyl (C=O) groups is 1. The van der Waals surface area contributed by atoms with Crippen molar-refractivity contribution in [3.8, 4) is 5.75 Å². The molecule has 3 rings (SSSR count). The molecule has 24 heavy (non-hydrogen) atoms. The van der Waals surface area contributed by atoms with E-state index in [1.807, 2.05) is 36.4 Å². The van der Waals surface area contributed by atoms with Gasteiger partial charge in [0.15, 0.2) is 4.34 Å². The zero-order valence-electron chi connectivity index (χ0n) is 13.4. The summed E-state index contributed by atoms with van der Waals surface area (Å²) in [6, 6.07) is 11.6. The third kappa shape index (κ3) is 3.68. The number of fused-ring (bicyclic) bond motifs is 1. The molecule has 1 amide bonds. The highest BCUT2D eigenvalue weighted by molar-refractivity contribution is 8.01. The molecule has 0 spiro atoms. The van der Waals surface area contributed by atoms with Crippen LogP contribution in [0.3, 0.4) is 0 Å². The van der Waals surface area contributed by atoms with Crippen molar-refractivity contribution in [2.24, 2.45) is 0 Å². The minimum absolute atomic E-state index is 0.249. The van der Waals surface area contributed by atoms with Crippen LogP contribution in [0.15, 0.2) is 40.7 Å². The smallest absolute Gasteiger partial charge is 0.261 e. The Morgan fingerprint density at radius 1 is 1.25 bits per heavy atom. The Hall–Kier alpha value is -2.12. The van der Waals surface area contributed by atoms with Crippen LogP contribution in [-0.4, -0.2) is 29.0 Å². The molecule has 0 aliphatic carbocycles. The fraction of sp³-hybridized carbons (Fsp3) is 0.235. The third-order valence-corrected chi connectivity index (χ3v) is 5.55. The average Bonchev–Trinajstić information content (AvgIpc) is 3.05. The highest BCUT2D eigenvalue weighted by Gasteiger charge is 2.16. The molecule has 0 aliphatic heterocycles. The van der Waals surface area contributed by atoms with Gasteiger partial charge in [-0.2, -0.15) is 0 Å². The first-order valence-electron chi connectivity index (χ1n) is 7.55. The summed E-state index contributed by atoms with van der Waals surface area (Å²) in [5, 5.41) is 13.4. The minimum atomic E-state index is -0.249. The first kappa shape index (κ1) is 16.7. The molecule has 1 heterocycles. The molecule has 2 aromatic carbocycles. The summed E-state index contributed by atoms with van der Waals surface area (Å²) in [4.78, 5) is 12.6. The number of hydrogen-bond donors (Lipinski definition) is 1. The highest BCUT2D eigenvalue weighted by atomic mass is 32.2. The van der Waals surface area contributed by atoms with Crippen LogP contribution in [0.1, 0.15) is 23.7 Å². The maximum atomic E-state index is 12.6. The molecule has 0 aliphatic rings. The monoisotopic (exact) mass is 359 g/mol. The van der Waals surface area contributed by atoms with Crippen LogP contribution < -0.4 is 10.1 Å². The molecule has 0 fully saturated rings. The number of carbonyl (C=O) groups excluding carboxylic acids is 1. The number of rotatable bonds is 6. The van der Waals surface area contributed by atoms with Crippen molar-refractivity contribution >= 4 is 44.9 Å². The Labute approximate surface area is 148 Å².